The molecule has 2 saturated carbocycles. The Bertz CT molecular complexity index is 997. The van der Waals surface area contributed by atoms with E-state index in [-0.39, 0.29) is 35.5 Å². The number of hydrazone groups is 1. The maximum absolute atomic E-state index is 13.0. The van der Waals surface area contributed by atoms with Gasteiger partial charge in [-0.3, -0.25) is 9.59 Å². The maximum atomic E-state index is 13.0. The number of nitrogens with zero attached hydrogens (tertiary/aromatic N) is 2. The van der Waals surface area contributed by atoms with Gasteiger partial charge in [0.25, 0.3) is 11.8 Å². The number of hydrogen-bond donors (Lipinski definition) is 1. The maximum Gasteiger partial charge on any atom is 0.254 e. The normalized spacial score (nSPS) is 37.0. The first-order valence-corrected chi connectivity index (χ1v) is 9.32. The number of para-hydroxylation sites is 1. The number of aromatic nitrogens is 1. The summed E-state index contributed by atoms with van der Waals surface area (Å²) in [4.78, 5) is 29.2. The lowest BCUT2D eigenvalue weighted by molar-refractivity contribution is -0.140. The van der Waals surface area contributed by atoms with Gasteiger partial charge in [0.2, 0.25) is 0 Å². The van der Waals surface area contributed by atoms with Crippen LogP contribution in [0.4, 0.5) is 0 Å². The Balaban J connectivity index is 1.36. The van der Waals surface area contributed by atoms with Crippen molar-refractivity contribution in [3.05, 3.63) is 47.7 Å². The highest BCUT2D eigenvalue weighted by Crippen LogP contribution is 2.65. The molecule has 0 unspecified atom stereocenters. The molecule has 5 nitrogen and oxygen atoms in total. The van der Waals surface area contributed by atoms with Crippen LogP contribution in [0.2, 0.25) is 0 Å². The van der Waals surface area contributed by atoms with Crippen LogP contribution in [0, 0.1) is 42.4 Å². The number of fused-ring (bicyclic) bond motifs is 1. The van der Waals surface area contributed by atoms with Crippen LogP contribution < -0.4 is 0 Å². The molecule has 4 aliphatic carbocycles. The van der Waals surface area contributed by atoms with Crippen molar-refractivity contribution in [2.45, 2.75) is 13.3 Å². The fourth-order valence-electron chi connectivity index (χ4n) is 5.64. The van der Waals surface area contributed by atoms with Gasteiger partial charge in [0.05, 0.1) is 18.1 Å². The number of benzene rings is 1. The molecule has 3 fully saturated rings. The Morgan fingerprint density at radius 3 is 2.42 bits per heavy atom. The van der Waals surface area contributed by atoms with E-state index in [9.17, 15) is 9.59 Å². The molecule has 0 spiro atoms. The number of H-pyrrole nitrogens is 1. The molecule has 1 saturated heterocycles. The van der Waals surface area contributed by atoms with E-state index in [1.165, 1.54) is 6.42 Å². The van der Waals surface area contributed by atoms with E-state index >= 15 is 0 Å². The number of hydrogen-bond acceptors (Lipinski definition) is 3. The van der Waals surface area contributed by atoms with E-state index in [1.807, 2.05) is 31.2 Å². The van der Waals surface area contributed by atoms with Crippen molar-refractivity contribution in [2.24, 2.45) is 40.6 Å². The molecule has 5 aliphatic rings. The van der Waals surface area contributed by atoms with Crippen LogP contribution >= 0.6 is 0 Å². The third-order valence-corrected chi connectivity index (χ3v) is 6.89. The molecular formula is C21H19N3O2. The average Bonchev–Trinajstić information content (AvgIpc) is 3.36. The Kier molecular flexibility index (Phi) is 2.63. The van der Waals surface area contributed by atoms with Crippen molar-refractivity contribution in [1.29, 1.82) is 0 Å². The minimum Gasteiger partial charge on any atom is -0.358 e. The van der Waals surface area contributed by atoms with Crippen LogP contribution in [0.1, 0.15) is 17.7 Å². The smallest absolute Gasteiger partial charge is 0.254 e. The predicted molar refractivity (Wildman–Crippen MR) is 97.2 cm³/mol. The van der Waals surface area contributed by atoms with Crippen LogP contribution in [-0.4, -0.2) is 28.0 Å². The standard InChI is InChI=1S/C21H19N3O2/c1-10-16(11-4-2-3-5-17(11)23-10)9-22-24-20(25)18-12-6-7-13(15-8-14(12)15)19(18)21(24)26/h2-7,9,12-15,18-19,23H,8H2,1H3/b22-9-/t12-,13-,14-,15-,18-,19+/m1/s1. The van der Waals surface area contributed by atoms with Gasteiger partial charge in [-0.05, 0) is 43.1 Å². The zero-order valence-corrected chi connectivity index (χ0v) is 14.4. The second-order valence-electron chi connectivity index (χ2n) is 8.10. The first-order chi connectivity index (χ1) is 12.6. The molecule has 130 valence electrons. The van der Waals surface area contributed by atoms with Gasteiger partial charge >= 0.3 is 0 Å². The zero-order valence-electron chi connectivity index (χ0n) is 14.4. The molecule has 6 atom stereocenters. The average molecular weight is 345 g/mol. The van der Waals surface area contributed by atoms with Crippen molar-refractivity contribution in [3.8, 4) is 0 Å². The quantitative estimate of drug-likeness (QED) is 0.517. The summed E-state index contributed by atoms with van der Waals surface area (Å²) in [5.41, 5.74) is 2.94. The van der Waals surface area contributed by atoms with E-state index < -0.39 is 0 Å². The summed E-state index contributed by atoms with van der Waals surface area (Å²) in [5, 5.41) is 6.56. The number of carbonyl (C=O) groups excluding carboxylic acids is 2. The van der Waals surface area contributed by atoms with Gasteiger partial charge in [0.15, 0.2) is 0 Å². The first-order valence-electron chi connectivity index (χ1n) is 9.32. The second-order valence-corrected chi connectivity index (χ2v) is 8.10. The Hall–Kier alpha value is -2.69. The fraction of sp³-hybridized carbons (Fsp3) is 0.381. The summed E-state index contributed by atoms with van der Waals surface area (Å²) in [6.07, 6.45) is 7.20. The van der Waals surface area contributed by atoms with Crippen molar-refractivity contribution in [2.75, 3.05) is 0 Å². The van der Waals surface area contributed by atoms with E-state index in [1.54, 1.807) is 6.21 Å². The minimum atomic E-state index is -0.192. The third-order valence-electron chi connectivity index (χ3n) is 6.89. The minimum absolute atomic E-state index is 0.113. The number of rotatable bonds is 2. The molecule has 1 N–H and O–H groups in total. The Labute approximate surface area is 150 Å². The highest BCUT2D eigenvalue weighted by Gasteiger charge is 2.67. The van der Waals surface area contributed by atoms with Gasteiger partial charge in [-0.1, -0.05) is 30.4 Å². The van der Waals surface area contributed by atoms with Gasteiger partial charge in [-0.15, -0.1) is 0 Å². The lowest BCUT2D eigenvalue weighted by Gasteiger charge is -2.37. The molecule has 1 aliphatic heterocycles. The molecule has 1 aromatic heterocycles. The van der Waals surface area contributed by atoms with Gasteiger partial charge in [0.1, 0.15) is 0 Å². The van der Waals surface area contributed by atoms with Crippen LogP contribution in [0.25, 0.3) is 10.9 Å². The first kappa shape index (κ1) is 14.5. The molecule has 2 amide bonds. The van der Waals surface area contributed by atoms with Crippen molar-refractivity contribution < 1.29 is 9.59 Å². The van der Waals surface area contributed by atoms with E-state index in [2.05, 4.69) is 22.2 Å². The molecule has 0 radical (unpaired) electrons. The summed E-state index contributed by atoms with van der Waals surface area (Å²) in [6, 6.07) is 7.98. The molecular weight excluding hydrogens is 326 g/mol. The molecule has 2 bridgehead atoms. The molecule has 2 aromatic rings. The zero-order chi connectivity index (χ0) is 17.6. The Morgan fingerprint density at radius 2 is 1.73 bits per heavy atom. The molecule has 1 aromatic carbocycles. The van der Waals surface area contributed by atoms with Crippen molar-refractivity contribution in [3.63, 3.8) is 0 Å². The topological polar surface area (TPSA) is 65.5 Å². The van der Waals surface area contributed by atoms with Gasteiger partial charge in [-0.2, -0.15) is 10.1 Å². The molecule has 7 rings (SSSR count). The fourth-order valence-corrected chi connectivity index (χ4v) is 5.64. The lowest BCUT2D eigenvalue weighted by atomic mass is 9.63. The number of nitrogens with one attached hydrogen (secondary N) is 1. The van der Waals surface area contributed by atoms with Gasteiger partial charge < -0.3 is 4.98 Å². The summed E-state index contributed by atoms with van der Waals surface area (Å²) in [7, 11) is 0. The number of amides is 2. The van der Waals surface area contributed by atoms with E-state index in [0.717, 1.165) is 27.2 Å². The highest BCUT2D eigenvalue weighted by molar-refractivity contribution is 6.07. The summed E-state index contributed by atoms with van der Waals surface area (Å²) < 4.78 is 0. The SMILES string of the molecule is Cc1[nH]c2ccccc2c1/C=N\N1C(=O)[C@@H]2[C@@H]3C=C[C@H]([C@H]4C[C@H]34)[C@@H]2C1=O. The monoisotopic (exact) mass is 345 g/mol. The van der Waals surface area contributed by atoms with Crippen LogP contribution in [0.5, 0.6) is 0 Å². The summed E-state index contributed by atoms with van der Waals surface area (Å²) in [5.74, 6) is 1.09. The van der Waals surface area contributed by atoms with Gasteiger partial charge in [0, 0.05) is 22.2 Å². The van der Waals surface area contributed by atoms with Gasteiger partial charge in [-0.25, -0.2) is 0 Å². The summed E-state index contributed by atoms with van der Waals surface area (Å²) in [6.45, 7) is 1.98. The van der Waals surface area contributed by atoms with E-state index in [0.29, 0.717) is 11.8 Å². The van der Waals surface area contributed by atoms with E-state index in [4.69, 9.17) is 0 Å². The van der Waals surface area contributed by atoms with Crippen molar-refractivity contribution >= 4 is 28.9 Å². The number of imide groups is 1. The number of aryl methyl sites for hydroxylation is 1. The molecule has 26 heavy (non-hydrogen) atoms. The highest BCUT2D eigenvalue weighted by atomic mass is 16.2. The summed E-state index contributed by atoms with van der Waals surface area (Å²) >= 11 is 0. The largest absolute Gasteiger partial charge is 0.358 e. The Morgan fingerprint density at radius 1 is 1.08 bits per heavy atom. The van der Waals surface area contributed by atoms with Crippen LogP contribution in [0.3, 0.4) is 0 Å². The van der Waals surface area contributed by atoms with Crippen molar-refractivity contribution in [1.82, 2.24) is 9.99 Å². The predicted octanol–water partition coefficient (Wildman–Crippen LogP) is 2.86. The van der Waals surface area contributed by atoms with Crippen LogP contribution in [0.15, 0.2) is 41.5 Å². The number of carbonyl (C=O) groups is 2. The van der Waals surface area contributed by atoms with Crippen LogP contribution in [-0.2, 0) is 9.59 Å². The molecule has 5 heteroatoms. The lowest BCUT2D eigenvalue weighted by Crippen LogP contribution is -2.40. The second kappa shape index (κ2) is 4.72. The third kappa shape index (κ3) is 1.68. The molecule has 2 heterocycles. The number of allylic oxidation sites excluding steroid dienone is 2. The number of aromatic amines is 1.